The summed E-state index contributed by atoms with van der Waals surface area (Å²) >= 11 is 1.43. The lowest BCUT2D eigenvalue weighted by Gasteiger charge is -2.04. The Bertz CT molecular complexity index is 1170. The third kappa shape index (κ3) is 4.18. The number of hydrogen-bond donors (Lipinski definition) is 1. The highest BCUT2D eigenvalue weighted by Crippen LogP contribution is 2.38. The van der Waals surface area contributed by atoms with Crippen molar-refractivity contribution in [1.29, 1.82) is 5.26 Å². The molecule has 0 saturated carbocycles. The molecule has 2 heterocycles. The van der Waals surface area contributed by atoms with Crippen LogP contribution in [-0.4, -0.2) is 23.5 Å². The number of benzene rings is 1. The van der Waals surface area contributed by atoms with E-state index in [1.54, 1.807) is 12.1 Å². The number of fused-ring (bicyclic) bond motifs is 2. The zero-order valence-electron chi connectivity index (χ0n) is 15.5. The van der Waals surface area contributed by atoms with E-state index in [1.165, 1.54) is 17.4 Å². The lowest BCUT2D eigenvalue weighted by Crippen LogP contribution is -2.20. The summed E-state index contributed by atoms with van der Waals surface area (Å²) in [5.41, 5.74) is 3.02. The van der Waals surface area contributed by atoms with Crippen molar-refractivity contribution < 1.29 is 14.3 Å². The highest BCUT2D eigenvalue weighted by atomic mass is 32.1. The molecule has 4 rings (SSSR count). The van der Waals surface area contributed by atoms with Crippen LogP contribution in [0.3, 0.4) is 0 Å². The molecule has 0 bridgehead atoms. The summed E-state index contributed by atoms with van der Waals surface area (Å²) in [7, 11) is 0. The number of amides is 1. The maximum Gasteiger partial charge on any atom is 0.331 e. The van der Waals surface area contributed by atoms with Gasteiger partial charge in [0.2, 0.25) is 0 Å². The number of nitrogens with one attached hydrogen (secondary N) is 1. The molecule has 6 nitrogen and oxygen atoms in total. The largest absolute Gasteiger partial charge is 0.452 e. The Hall–Kier alpha value is -3.50. The fourth-order valence-electron chi connectivity index (χ4n) is 3.29. The number of ether oxygens (including phenoxy) is 1. The third-order valence-corrected chi connectivity index (χ3v) is 5.85. The van der Waals surface area contributed by atoms with Crippen LogP contribution in [0.25, 0.3) is 17.0 Å². The van der Waals surface area contributed by atoms with Gasteiger partial charge in [-0.05, 0) is 43.0 Å². The van der Waals surface area contributed by atoms with Crippen LogP contribution >= 0.6 is 11.3 Å². The number of hydrogen-bond acceptors (Lipinski definition) is 6. The summed E-state index contributed by atoms with van der Waals surface area (Å²) in [5, 5.41) is 13.6. The van der Waals surface area contributed by atoms with E-state index < -0.39 is 18.5 Å². The second-order valence-electron chi connectivity index (χ2n) is 6.59. The predicted molar refractivity (Wildman–Crippen MR) is 111 cm³/mol. The van der Waals surface area contributed by atoms with Crippen LogP contribution in [0, 0.1) is 11.3 Å². The molecule has 0 unspecified atom stereocenters. The monoisotopic (exact) mass is 403 g/mol. The molecule has 3 aromatic rings. The number of pyridine rings is 1. The minimum atomic E-state index is -0.635. The molecule has 0 saturated heterocycles. The Morgan fingerprint density at radius 1 is 1.24 bits per heavy atom. The SMILES string of the molecule is N#Cc1c(NC(=O)COC(=O)C=Cc2ccc3ccccc3n2)sc2c1CCC2. The fourth-order valence-corrected chi connectivity index (χ4v) is 4.54. The van der Waals surface area contributed by atoms with Crippen molar-refractivity contribution in [3.05, 3.63) is 64.2 Å². The number of rotatable bonds is 5. The van der Waals surface area contributed by atoms with E-state index in [1.807, 2.05) is 30.3 Å². The number of nitrogens with zero attached hydrogens (tertiary/aromatic N) is 2. The number of para-hydroxylation sites is 1. The van der Waals surface area contributed by atoms with Crippen molar-refractivity contribution in [2.75, 3.05) is 11.9 Å². The molecule has 7 heteroatoms. The van der Waals surface area contributed by atoms with Gasteiger partial charge in [0.15, 0.2) is 6.61 Å². The summed E-state index contributed by atoms with van der Waals surface area (Å²) < 4.78 is 4.99. The highest BCUT2D eigenvalue weighted by molar-refractivity contribution is 7.16. The third-order valence-electron chi connectivity index (χ3n) is 4.64. The zero-order valence-corrected chi connectivity index (χ0v) is 16.3. The highest BCUT2D eigenvalue weighted by Gasteiger charge is 2.23. The van der Waals surface area contributed by atoms with E-state index >= 15 is 0 Å². The molecule has 1 aliphatic carbocycles. The van der Waals surface area contributed by atoms with E-state index in [-0.39, 0.29) is 0 Å². The summed E-state index contributed by atoms with van der Waals surface area (Å²) in [4.78, 5) is 29.6. The zero-order chi connectivity index (χ0) is 20.2. The van der Waals surface area contributed by atoms with Gasteiger partial charge >= 0.3 is 5.97 Å². The Balaban J connectivity index is 1.33. The first-order chi connectivity index (χ1) is 14.1. The average Bonchev–Trinajstić information content (AvgIpc) is 3.31. The predicted octanol–water partition coefficient (Wildman–Crippen LogP) is 3.85. The molecule has 1 aliphatic rings. The number of anilines is 1. The van der Waals surface area contributed by atoms with Crippen molar-refractivity contribution in [3.8, 4) is 6.07 Å². The van der Waals surface area contributed by atoms with E-state index in [4.69, 9.17) is 4.74 Å². The molecule has 0 spiro atoms. The number of nitriles is 1. The molecule has 29 heavy (non-hydrogen) atoms. The number of aryl methyl sites for hydroxylation is 1. The second kappa shape index (κ2) is 8.25. The van der Waals surface area contributed by atoms with E-state index in [0.29, 0.717) is 16.3 Å². The van der Waals surface area contributed by atoms with E-state index in [9.17, 15) is 14.9 Å². The number of esters is 1. The first kappa shape index (κ1) is 18.8. The van der Waals surface area contributed by atoms with Gasteiger partial charge in [0, 0.05) is 16.3 Å². The molecule has 0 atom stereocenters. The van der Waals surface area contributed by atoms with Crippen LogP contribution in [0.4, 0.5) is 5.00 Å². The lowest BCUT2D eigenvalue weighted by atomic mass is 10.1. The Labute approximate surface area is 171 Å². The minimum absolute atomic E-state index is 0.415. The van der Waals surface area contributed by atoms with Crippen LogP contribution < -0.4 is 5.32 Å². The lowest BCUT2D eigenvalue weighted by molar-refractivity contribution is -0.142. The van der Waals surface area contributed by atoms with Gasteiger partial charge in [0.25, 0.3) is 5.91 Å². The van der Waals surface area contributed by atoms with Crippen molar-refractivity contribution in [3.63, 3.8) is 0 Å². The van der Waals surface area contributed by atoms with Crippen LogP contribution in [0.2, 0.25) is 0 Å². The minimum Gasteiger partial charge on any atom is -0.452 e. The number of carbonyl (C=O) groups excluding carboxylic acids is 2. The number of aromatic nitrogens is 1. The topological polar surface area (TPSA) is 92.1 Å². The van der Waals surface area contributed by atoms with Gasteiger partial charge in [-0.1, -0.05) is 24.3 Å². The van der Waals surface area contributed by atoms with Gasteiger partial charge in [-0.15, -0.1) is 11.3 Å². The first-order valence-corrected chi connectivity index (χ1v) is 10.0. The molecule has 0 aliphatic heterocycles. The number of carbonyl (C=O) groups is 2. The summed E-state index contributed by atoms with van der Waals surface area (Å²) in [5.74, 6) is -1.10. The Morgan fingerprint density at radius 2 is 2.10 bits per heavy atom. The van der Waals surface area contributed by atoms with Gasteiger partial charge < -0.3 is 10.1 Å². The van der Waals surface area contributed by atoms with Gasteiger partial charge in [0.1, 0.15) is 11.1 Å². The van der Waals surface area contributed by atoms with E-state index in [2.05, 4.69) is 16.4 Å². The molecule has 0 radical (unpaired) electrons. The molecule has 1 N–H and O–H groups in total. The second-order valence-corrected chi connectivity index (χ2v) is 7.70. The molecule has 1 amide bonds. The van der Waals surface area contributed by atoms with Crippen molar-refractivity contribution in [2.24, 2.45) is 0 Å². The Morgan fingerprint density at radius 3 is 2.97 bits per heavy atom. The molecule has 1 aromatic carbocycles. The molecule has 144 valence electrons. The van der Waals surface area contributed by atoms with Crippen molar-refractivity contribution in [1.82, 2.24) is 4.98 Å². The summed E-state index contributed by atoms with van der Waals surface area (Å²) in [6.45, 7) is -0.415. The van der Waals surface area contributed by atoms with Gasteiger partial charge in [0.05, 0.1) is 16.8 Å². The Kier molecular flexibility index (Phi) is 5.36. The molecule has 0 fully saturated rings. The summed E-state index contributed by atoms with van der Waals surface area (Å²) in [6.07, 6.45) is 5.63. The fraction of sp³-hybridized carbons (Fsp3) is 0.182. The first-order valence-electron chi connectivity index (χ1n) is 9.19. The van der Waals surface area contributed by atoms with Crippen LogP contribution in [0.1, 0.15) is 28.1 Å². The molecular weight excluding hydrogens is 386 g/mol. The van der Waals surface area contributed by atoms with Gasteiger partial charge in [-0.25, -0.2) is 9.78 Å². The van der Waals surface area contributed by atoms with Gasteiger partial charge in [-0.3, -0.25) is 4.79 Å². The standard InChI is InChI=1S/C22H17N3O3S/c23-12-17-16-5-3-7-19(16)29-22(17)25-20(26)13-28-21(27)11-10-15-9-8-14-4-1-2-6-18(14)24-15/h1-2,4,6,8-11H,3,5,7,13H2,(H,25,26). The normalized spacial score (nSPS) is 12.7. The van der Waals surface area contributed by atoms with Crippen molar-refractivity contribution >= 4 is 45.2 Å². The molecule has 2 aromatic heterocycles. The average molecular weight is 403 g/mol. The number of thiophene rings is 1. The maximum atomic E-state index is 12.1. The quantitative estimate of drug-likeness (QED) is 0.516. The smallest absolute Gasteiger partial charge is 0.331 e. The van der Waals surface area contributed by atoms with Gasteiger partial charge in [-0.2, -0.15) is 5.26 Å². The summed E-state index contributed by atoms with van der Waals surface area (Å²) in [6, 6.07) is 13.6. The van der Waals surface area contributed by atoms with Crippen molar-refractivity contribution in [2.45, 2.75) is 19.3 Å². The maximum absolute atomic E-state index is 12.1. The molecular formula is C22H17N3O3S. The van der Waals surface area contributed by atoms with Crippen LogP contribution in [0.5, 0.6) is 0 Å². The van der Waals surface area contributed by atoms with Crippen LogP contribution in [0.15, 0.2) is 42.5 Å². The van der Waals surface area contributed by atoms with Crippen LogP contribution in [-0.2, 0) is 27.2 Å². The van der Waals surface area contributed by atoms with E-state index in [0.717, 1.165) is 40.6 Å².